The number of nitrogens with two attached hydrogens (primary N) is 1. The Morgan fingerprint density at radius 3 is 1.79 bits per heavy atom. The molecule has 4 heteroatoms. The van der Waals surface area contributed by atoms with Gasteiger partial charge >= 0.3 is 0 Å². The lowest BCUT2D eigenvalue weighted by Gasteiger charge is -2.07. The number of alkyl halides is 1. The van der Waals surface area contributed by atoms with Crippen LogP contribution in [0, 0.1) is 5.92 Å². The highest BCUT2D eigenvalue weighted by Crippen LogP contribution is 2.22. The molecule has 3 N–H and O–H groups in total. The predicted molar refractivity (Wildman–Crippen MR) is 124 cm³/mol. The van der Waals surface area contributed by atoms with Crippen molar-refractivity contribution in [3.05, 3.63) is 78.5 Å². The van der Waals surface area contributed by atoms with Gasteiger partial charge in [0, 0.05) is 19.2 Å². The Morgan fingerprint density at radius 2 is 1.48 bits per heavy atom. The van der Waals surface area contributed by atoms with Crippen LogP contribution in [0.15, 0.2) is 67.4 Å². The average molecular weight is 399 g/mol. The minimum atomic E-state index is -0.299. The standard InChI is InChI=1S/C17H17F.C6H12N2O.C2H6/c1-13(2)15-7-9-17(10-8-15)16-5-3-14(4-6-16)11-12-18;1-4(5(2)7)6(9)8-3;1-2/h3-10H,1,11-12H2,2H3;4H,2,7H2,1,3H3,(H,8,9);1-2H3. The van der Waals surface area contributed by atoms with E-state index in [4.69, 9.17) is 5.73 Å². The highest BCUT2D eigenvalue weighted by molar-refractivity contribution is 5.80. The van der Waals surface area contributed by atoms with Crippen LogP contribution in [-0.4, -0.2) is 19.6 Å². The number of hydrogen-bond acceptors (Lipinski definition) is 2. The van der Waals surface area contributed by atoms with Gasteiger partial charge in [0.2, 0.25) is 5.91 Å². The summed E-state index contributed by atoms with van der Waals surface area (Å²) in [5, 5.41) is 2.47. The lowest BCUT2D eigenvalue weighted by molar-refractivity contribution is -0.122. The van der Waals surface area contributed by atoms with Gasteiger partial charge in [0.25, 0.3) is 0 Å². The first-order valence-electron chi connectivity index (χ1n) is 9.87. The van der Waals surface area contributed by atoms with Crippen LogP contribution in [0.25, 0.3) is 16.7 Å². The number of halogens is 1. The summed E-state index contributed by atoms with van der Waals surface area (Å²) in [5.74, 6) is -0.377. The Balaban J connectivity index is 0.000000606. The van der Waals surface area contributed by atoms with Crippen molar-refractivity contribution < 1.29 is 9.18 Å². The summed E-state index contributed by atoms with van der Waals surface area (Å²) in [6, 6.07) is 16.4. The second-order valence-electron chi connectivity index (χ2n) is 6.40. The monoisotopic (exact) mass is 398 g/mol. The SMILES string of the molecule is C=C(C)c1ccc(-c2ccc(CCF)cc2)cc1.C=C(N)C(C)C(=O)NC.CC. The van der Waals surface area contributed by atoms with E-state index in [-0.39, 0.29) is 18.5 Å². The first-order chi connectivity index (χ1) is 13.8. The molecule has 0 aliphatic rings. The van der Waals surface area contributed by atoms with Gasteiger partial charge in [0.05, 0.1) is 12.6 Å². The van der Waals surface area contributed by atoms with Gasteiger partial charge in [-0.25, -0.2) is 0 Å². The molecule has 0 saturated carbocycles. The average Bonchev–Trinajstić information content (AvgIpc) is 2.75. The fourth-order valence-corrected chi connectivity index (χ4v) is 2.31. The Bertz CT molecular complexity index is 764. The zero-order valence-electron chi connectivity index (χ0n) is 18.4. The van der Waals surface area contributed by atoms with Gasteiger partial charge in [-0.2, -0.15) is 0 Å². The Hall–Kier alpha value is -2.88. The van der Waals surface area contributed by atoms with Crippen molar-refractivity contribution in [1.82, 2.24) is 5.32 Å². The molecule has 29 heavy (non-hydrogen) atoms. The second kappa shape index (κ2) is 14.2. The minimum absolute atomic E-state index is 0.0949. The molecule has 0 saturated heterocycles. The molecular weight excluding hydrogens is 363 g/mol. The van der Waals surface area contributed by atoms with Crippen LogP contribution >= 0.6 is 0 Å². The lowest BCUT2D eigenvalue weighted by Crippen LogP contribution is -2.28. The number of benzene rings is 2. The molecule has 0 radical (unpaired) electrons. The van der Waals surface area contributed by atoms with Crippen LogP contribution in [0.5, 0.6) is 0 Å². The van der Waals surface area contributed by atoms with Gasteiger partial charge in [-0.3, -0.25) is 9.18 Å². The van der Waals surface area contributed by atoms with Crippen LogP contribution in [0.3, 0.4) is 0 Å². The third-order valence-electron chi connectivity index (χ3n) is 4.24. The van der Waals surface area contributed by atoms with E-state index in [2.05, 4.69) is 42.7 Å². The smallest absolute Gasteiger partial charge is 0.228 e. The van der Waals surface area contributed by atoms with Crippen LogP contribution in [0.4, 0.5) is 4.39 Å². The van der Waals surface area contributed by atoms with E-state index in [1.165, 1.54) is 5.56 Å². The normalized spacial score (nSPS) is 10.4. The Labute approximate surface area is 175 Å². The predicted octanol–water partition coefficient (Wildman–Crippen LogP) is 5.77. The topological polar surface area (TPSA) is 55.1 Å². The van der Waals surface area contributed by atoms with Gasteiger partial charge in [0.1, 0.15) is 0 Å². The molecule has 2 aromatic rings. The number of carbonyl (C=O) groups excluding carboxylic acids is 1. The van der Waals surface area contributed by atoms with E-state index in [0.717, 1.165) is 22.3 Å². The van der Waals surface area contributed by atoms with E-state index in [9.17, 15) is 9.18 Å². The zero-order chi connectivity index (χ0) is 22.4. The maximum atomic E-state index is 12.2. The maximum Gasteiger partial charge on any atom is 0.228 e. The molecule has 0 heterocycles. The van der Waals surface area contributed by atoms with Crippen LogP contribution in [0.2, 0.25) is 0 Å². The number of aryl methyl sites for hydroxylation is 1. The molecule has 1 amide bonds. The number of allylic oxidation sites excluding steroid dienone is 1. The first-order valence-corrected chi connectivity index (χ1v) is 9.87. The van der Waals surface area contributed by atoms with Crippen molar-refractivity contribution >= 4 is 11.5 Å². The fourth-order valence-electron chi connectivity index (χ4n) is 2.31. The summed E-state index contributed by atoms with van der Waals surface area (Å²) in [4.78, 5) is 10.7. The molecule has 0 aliphatic carbocycles. The molecule has 2 rings (SSSR count). The maximum absolute atomic E-state index is 12.2. The Kier molecular flexibility index (Phi) is 12.8. The second-order valence-corrected chi connectivity index (χ2v) is 6.40. The largest absolute Gasteiger partial charge is 0.402 e. The molecular formula is C25H35FN2O. The highest BCUT2D eigenvalue weighted by atomic mass is 19.1. The fraction of sp³-hybridized carbons (Fsp3) is 0.320. The van der Waals surface area contributed by atoms with Crippen molar-refractivity contribution in [2.75, 3.05) is 13.7 Å². The van der Waals surface area contributed by atoms with E-state index in [1.807, 2.05) is 45.0 Å². The van der Waals surface area contributed by atoms with Crippen molar-refractivity contribution in [1.29, 1.82) is 0 Å². The molecule has 3 nitrogen and oxygen atoms in total. The van der Waals surface area contributed by atoms with Crippen LogP contribution in [0.1, 0.15) is 38.8 Å². The van der Waals surface area contributed by atoms with Gasteiger partial charge < -0.3 is 11.1 Å². The number of amides is 1. The summed E-state index contributed by atoms with van der Waals surface area (Å²) in [6.45, 7) is 14.8. The Morgan fingerprint density at radius 1 is 1.03 bits per heavy atom. The van der Waals surface area contributed by atoms with E-state index < -0.39 is 0 Å². The third-order valence-corrected chi connectivity index (χ3v) is 4.24. The summed E-state index contributed by atoms with van der Waals surface area (Å²) < 4.78 is 12.2. The van der Waals surface area contributed by atoms with E-state index in [1.54, 1.807) is 14.0 Å². The summed E-state index contributed by atoms with van der Waals surface area (Å²) in [5.41, 5.74) is 11.3. The molecule has 0 bridgehead atoms. The van der Waals surface area contributed by atoms with Crippen LogP contribution in [-0.2, 0) is 11.2 Å². The molecule has 1 unspecified atom stereocenters. The molecule has 158 valence electrons. The number of carbonyl (C=O) groups is 1. The molecule has 0 aliphatic heterocycles. The zero-order valence-corrected chi connectivity index (χ0v) is 18.4. The van der Waals surface area contributed by atoms with Crippen molar-refractivity contribution in [2.45, 2.75) is 34.1 Å². The molecule has 0 aromatic heterocycles. The van der Waals surface area contributed by atoms with Gasteiger partial charge in [-0.15, -0.1) is 0 Å². The van der Waals surface area contributed by atoms with Crippen molar-refractivity contribution in [2.24, 2.45) is 11.7 Å². The minimum Gasteiger partial charge on any atom is -0.402 e. The van der Waals surface area contributed by atoms with Gasteiger partial charge in [0.15, 0.2) is 0 Å². The van der Waals surface area contributed by atoms with E-state index >= 15 is 0 Å². The van der Waals surface area contributed by atoms with Crippen molar-refractivity contribution in [3.8, 4) is 11.1 Å². The third kappa shape index (κ3) is 9.24. The highest BCUT2D eigenvalue weighted by Gasteiger charge is 2.10. The quantitative estimate of drug-likeness (QED) is 0.649. The summed E-state index contributed by atoms with van der Waals surface area (Å²) >= 11 is 0. The lowest BCUT2D eigenvalue weighted by atomic mass is 10.0. The molecule has 0 spiro atoms. The van der Waals surface area contributed by atoms with Crippen molar-refractivity contribution in [3.63, 3.8) is 0 Å². The molecule has 1 atom stereocenters. The van der Waals surface area contributed by atoms with Gasteiger partial charge in [-0.1, -0.05) is 81.1 Å². The van der Waals surface area contributed by atoms with E-state index in [0.29, 0.717) is 12.1 Å². The number of hydrogen-bond donors (Lipinski definition) is 2. The molecule has 0 fully saturated rings. The summed E-state index contributed by atoms with van der Waals surface area (Å²) in [6.07, 6.45) is 0.495. The van der Waals surface area contributed by atoms with Gasteiger partial charge in [-0.05, 0) is 36.1 Å². The first kappa shape index (κ1) is 26.1. The van der Waals surface area contributed by atoms with Crippen LogP contribution < -0.4 is 11.1 Å². The number of rotatable bonds is 6. The molecule has 2 aromatic carbocycles. The number of nitrogens with one attached hydrogen (secondary N) is 1. The summed E-state index contributed by atoms with van der Waals surface area (Å²) in [7, 11) is 1.57.